The van der Waals surface area contributed by atoms with E-state index in [1.807, 2.05) is 32.0 Å². The number of aryl methyl sites for hydroxylation is 1. The predicted octanol–water partition coefficient (Wildman–Crippen LogP) is 2.31. The third-order valence-electron chi connectivity index (χ3n) is 2.31. The van der Waals surface area contributed by atoms with Crippen LogP contribution in [0, 0.1) is 0 Å². The van der Waals surface area contributed by atoms with Gasteiger partial charge >= 0.3 is 0 Å². The Morgan fingerprint density at radius 3 is 2.69 bits per heavy atom. The van der Waals surface area contributed by atoms with Crippen LogP contribution < -0.4 is 11.1 Å². The van der Waals surface area contributed by atoms with Gasteiger partial charge < -0.3 is 11.1 Å². The van der Waals surface area contributed by atoms with Crippen molar-refractivity contribution in [2.24, 2.45) is 5.73 Å². The fourth-order valence-electron chi connectivity index (χ4n) is 1.47. The third-order valence-corrected chi connectivity index (χ3v) is 2.31. The van der Waals surface area contributed by atoms with Gasteiger partial charge in [0.2, 0.25) is 5.91 Å². The molecule has 0 fully saturated rings. The number of hydrogen-bond acceptors (Lipinski definition) is 2. The molecular weight excluding hydrogens is 200 g/mol. The van der Waals surface area contributed by atoms with Crippen molar-refractivity contribution in [3.8, 4) is 0 Å². The van der Waals surface area contributed by atoms with Crippen molar-refractivity contribution in [3.63, 3.8) is 0 Å². The first-order valence-electron chi connectivity index (χ1n) is 5.52. The molecule has 0 aliphatic heterocycles. The summed E-state index contributed by atoms with van der Waals surface area (Å²) in [6.07, 6.45) is 1.85. The molecule has 0 radical (unpaired) electrons. The number of nitrogens with two attached hydrogens (primary N) is 1. The third kappa shape index (κ3) is 4.94. The highest BCUT2D eigenvalue weighted by molar-refractivity contribution is 5.88. The molecule has 0 aromatic heterocycles. The number of benzene rings is 1. The largest absolute Gasteiger partial charge is 0.326 e. The molecule has 3 nitrogen and oxygen atoms in total. The van der Waals surface area contributed by atoms with Gasteiger partial charge in [-0.15, -0.1) is 0 Å². The van der Waals surface area contributed by atoms with E-state index in [-0.39, 0.29) is 11.4 Å². The number of anilines is 1. The monoisotopic (exact) mass is 220 g/mol. The van der Waals surface area contributed by atoms with Gasteiger partial charge in [-0.25, -0.2) is 0 Å². The normalized spacial score (nSPS) is 11.2. The first kappa shape index (κ1) is 12.7. The summed E-state index contributed by atoms with van der Waals surface area (Å²) >= 11 is 0. The van der Waals surface area contributed by atoms with Gasteiger partial charge in [-0.1, -0.05) is 12.1 Å². The van der Waals surface area contributed by atoms with Crippen LogP contribution >= 0.6 is 0 Å². The van der Waals surface area contributed by atoms with Gasteiger partial charge in [-0.3, -0.25) is 4.79 Å². The van der Waals surface area contributed by atoms with E-state index in [1.165, 1.54) is 12.5 Å². The van der Waals surface area contributed by atoms with Crippen molar-refractivity contribution in [3.05, 3.63) is 29.8 Å². The Kier molecular flexibility index (Phi) is 4.07. The van der Waals surface area contributed by atoms with Crippen molar-refractivity contribution in [2.45, 2.75) is 39.2 Å². The molecule has 3 N–H and O–H groups in total. The molecule has 0 spiro atoms. The molecule has 1 amide bonds. The standard InChI is InChI=1S/C13H20N2O/c1-10(16)15-12-6-4-5-11(9-12)7-8-13(2,3)14/h4-6,9H,7-8,14H2,1-3H3,(H,15,16). The van der Waals surface area contributed by atoms with Crippen LogP contribution in [0.2, 0.25) is 0 Å². The van der Waals surface area contributed by atoms with Gasteiger partial charge in [0.05, 0.1) is 0 Å². The average molecular weight is 220 g/mol. The topological polar surface area (TPSA) is 55.1 Å². The Hall–Kier alpha value is -1.35. The Labute approximate surface area is 97.0 Å². The molecule has 0 atom stereocenters. The van der Waals surface area contributed by atoms with Crippen LogP contribution in [-0.2, 0) is 11.2 Å². The SMILES string of the molecule is CC(=O)Nc1cccc(CCC(C)(C)N)c1. The zero-order valence-electron chi connectivity index (χ0n) is 10.2. The molecule has 0 heterocycles. The molecule has 16 heavy (non-hydrogen) atoms. The van der Waals surface area contributed by atoms with E-state index >= 15 is 0 Å². The number of carbonyl (C=O) groups excluding carboxylic acids is 1. The van der Waals surface area contributed by atoms with Crippen LogP contribution in [0.5, 0.6) is 0 Å². The van der Waals surface area contributed by atoms with Gasteiger partial charge in [0.1, 0.15) is 0 Å². The molecule has 88 valence electrons. The molecule has 1 rings (SSSR count). The number of hydrogen-bond donors (Lipinski definition) is 2. The molecule has 0 aliphatic rings. The minimum Gasteiger partial charge on any atom is -0.326 e. The summed E-state index contributed by atoms with van der Waals surface area (Å²) in [5.74, 6) is -0.0451. The van der Waals surface area contributed by atoms with Crippen molar-refractivity contribution >= 4 is 11.6 Å². The molecule has 1 aromatic rings. The van der Waals surface area contributed by atoms with E-state index in [0.717, 1.165) is 18.5 Å². The van der Waals surface area contributed by atoms with Crippen LogP contribution in [0.3, 0.4) is 0 Å². The van der Waals surface area contributed by atoms with E-state index in [1.54, 1.807) is 0 Å². The van der Waals surface area contributed by atoms with Gasteiger partial charge in [-0.05, 0) is 44.4 Å². The molecule has 0 unspecified atom stereocenters. The zero-order chi connectivity index (χ0) is 12.2. The lowest BCUT2D eigenvalue weighted by Crippen LogP contribution is -2.32. The van der Waals surface area contributed by atoms with Crippen molar-refractivity contribution in [1.82, 2.24) is 0 Å². The van der Waals surface area contributed by atoms with Gasteiger partial charge in [0.15, 0.2) is 0 Å². The van der Waals surface area contributed by atoms with Crippen LogP contribution in [0.1, 0.15) is 32.8 Å². The zero-order valence-corrected chi connectivity index (χ0v) is 10.2. The molecule has 0 bridgehead atoms. The van der Waals surface area contributed by atoms with E-state index < -0.39 is 0 Å². The van der Waals surface area contributed by atoms with Gasteiger partial charge in [0.25, 0.3) is 0 Å². The maximum Gasteiger partial charge on any atom is 0.221 e. The molecular formula is C13H20N2O. The molecule has 0 saturated carbocycles. The minimum atomic E-state index is -0.149. The smallest absolute Gasteiger partial charge is 0.221 e. The Morgan fingerprint density at radius 1 is 1.44 bits per heavy atom. The first-order valence-corrected chi connectivity index (χ1v) is 5.52. The van der Waals surface area contributed by atoms with Crippen LogP contribution in [0.15, 0.2) is 24.3 Å². The van der Waals surface area contributed by atoms with Crippen molar-refractivity contribution < 1.29 is 4.79 Å². The van der Waals surface area contributed by atoms with Crippen LogP contribution in [0.4, 0.5) is 5.69 Å². The lowest BCUT2D eigenvalue weighted by molar-refractivity contribution is -0.114. The summed E-state index contributed by atoms with van der Waals surface area (Å²) in [4.78, 5) is 10.9. The number of rotatable bonds is 4. The Bertz CT molecular complexity index is 366. The summed E-state index contributed by atoms with van der Waals surface area (Å²) < 4.78 is 0. The summed E-state index contributed by atoms with van der Waals surface area (Å²) in [5.41, 5.74) is 7.83. The van der Waals surface area contributed by atoms with Gasteiger partial charge in [-0.2, -0.15) is 0 Å². The second kappa shape index (κ2) is 5.12. The lowest BCUT2D eigenvalue weighted by Gasteiger charge is -2.18. The minimum absolute atomic E-state index is 0.0451. The van der Waals surface area contributed by atoms with Crippen molar-refractivity contribution in [2.75, 3.05) is 5.32 Å². The predicted molar refractivity (Wildman–Crippen MR) is 67.3 cm³/mol. The molecule has 1 aromatic carbocycles. The lowest BCUT2D eigenvalue weighted by atomic mass is 9.96. The van der Waals surface area contributed by atoms with E-state index in [4.69, 9.17) is 5.73 Å². The van der Waals surface area contributed by atoms with E-state index in [0.29, 0.717) is 0 Å². The van der Waals surface area contributed by atoms with Gasteiger partial charge in [0, 0.05) is 18.2 Å². The molecule has 0 saturated heterocycles. The highest BCUT2D eigenvalue weighted by Crippen LogP contribution is 2.15. The highest BCUT2D eigenvalue weighted by Gasteiger charge is 2.10. The maximum atomic E-state index is 10.9. The highest BCUT2D eigenvalue weighted by atomic mass is 16.1. The summed E-state index contributed by atoms with van der Waals surface area (Å²) in [6, 6.07) is 7.88. The second-order valence-electron chi connectivity index (χ2n) is 4.87. The summed E-state index contributed by atoms with van der Waals surface area (Å²) in [7, 11) is 0. The molecule has 3 heteroatoms. The number of amides is 1. The molecule has 0 aliphatic carbocycles. The first-order chi connectivity index (χ1) is 7.37. The Morgan fingerprint density at radius 2 is 2.12 bits per heavy atom. The van der Waals surface area contributed by atoms with Crippen molar-refractivity contribution in [1.29, 1.82) is 0 Å². The fraction of sp³-hybridized carbons (Fsp3) is 0.462. The average Bonchev–Trinajstić information content (AvgIpc) is 2.13. The van der Waals surface area contributed by atoms with Crippen LogP contribution in [-0.4, -0.2) is 11.4 Å². The second-order valence-corrected chi connectivity index (χ2v) is 4.87. The fourth-order valence-corrected chi connectivity index (χ4v) is 1.47. The quantitative estimate of drug-likeness (QED) is 0.818. The Balaban J connectivity index is 2.64. The van der Waals surface area contributed by atoms with E-state index in [2.05, 4.69) is 11.4 Å². The summed E-state index contributed by atoms with van der Waals surface area (Å²) in [6.45, 7) is 5.55. The van der Waals surface area contributed by atoms with E-state index in [9.17, 15) is 4.79 Å². The summed E-state index contributed by atoms with van der Waals surface area (Å²) in [5, 5.41) is 2.77. The number of nitrogens with one attached hydrogen (secondary N) is 1. The number of carbonyl (C=O) groups is 1. The van der Waals surface area contributed by atoms with Crippen LogP contribution in [0.25, 0.3) is 0 Å². The maximum absolute atomic E-state index is 10.9.